The van der Waals surface area contributed by atoms with Crippen LogP contribution in [-0.2, 0) is 6.61 Å². The zero-order valence-corrected chi connectivity index (χ0v) is 7.85. The molecule has 1 aromatic rings. The summed E-state index contributed by atoms with van der Waals surface area (Å²) in [4.78, 5) is 0. The molecule has 0 aliphatic carbocycles. The molecule has 0 bridgehead atoms. The van der Waals surface area contributed by atoms with Crippen LogP contribution < -0.4 is 5.32 Å². The predicted molar refractivity (Wildman–Crippen MR) is 53.9 cm³/mol. The fourth-order valence-corrected chi connectivity index (χ4v) is 1.03. The Balaban J connectivity index is 2.43. The van der Waals surface area contributed by atoms with Crippen LogP contribution in [0.2, 0.25) is 0 Å². The van der Waals surface area contributed by atoms with E-state index in [1.807, 2.05) is 12.1 Å². The molecular formula is C10H15NO3. The molecule has 14 heavy (non-hydrogen) atoms. The second kappa shape index (κ2) is 5.59. The first-order valence-corrected chi connectivity index (χ1v) is 4.49. The van der Waals surface area contributed by atoms with E-state index < -0.39 is 6.10 Å². The third kappa shape index (κ3) is 3.33. The molecule has 0 aromatic heterocycles. The molecule has 0 aliphatic rings. The zero-order valence-electron chi connectivity index (χ0n) is 7.85. The van der Waals surface area contributed by atoms with Crippen molar-refractivity contribution in [2.75, 3.05) is 18.5 Å². The standard InChI is InChI=1S/C10H15NO3/c12-6-8-1-3-9(4-2-8)11-5-10(14)7-13/h1-4,10-14H,5-7H2. The van der Waals surface area contributed by atoms with Gasteiger partial charge in [-0.3, -0.25) is 0 Å². The van der Waals surface area contributed by atoms with Crippen molar-refractivity contribution in [3.8, 4) is 0 Å². The molecular weight excluding hydrogens is 182 g/mol. The van der Waals surface area contributed by atoms with E-state index in [-0.39, 0.29) is 13.2 Å². The number of nitrogens with one attached hydrogen (secondary N) is 1. The Morgan fingerprint density at radius 1 is 1.14 bits per heavy atom. The number of hydrogen-bond acceptors (Lipinski definition) is 4. The Hall–Kier alpha value is -1.10. The molecule has 1 atom stereocenters. The lowest BCUT2D eigenvalue weighted by molar-refractivity contribution is 0.105. The van der Waals surface area contributed by atoms with Crippen molar-refractivity contribution in [2.45, 2.75) is 12.7 Å². The summed E-state index contributed by atoms with van der Waals surface area (Å²) in [6, 6.07) is 7.23. The Kier molecular flexibility index (Phi) is 4.39. The molecule has 4 nitrogen and oxygen atoms in total. The van der Waals surface area contributed by atoms with Gasteiger partial charge in [-0.15, -0.1) is 0 Å². The number of hydrogen-bond donors (Lipinski definition) is 4. The third-order valence-corrected chi connectivity index (χ3v) is 1.89. The van der Waals surface area contributed by atoms with Gasteiger partial charge in [-0.1, -0.05) is 12.1 Å². The lowest BCUT2D eigenvalue weighted by atomic mass is 10.2. The minimum atomic E-state index is -0.743. The van der Waals surface area contributed by atoms with Gasteiger partial charge in [0.2, 0.25) is 0 Å². The molecule has 0 saturated heterocycles. The van der Waals surface area contributed by atoms with Crippen molar-refractivity contribution < 1.29 is 15.3 Å². The van der Waals surface area contributed by atoms with E-state index >= 15 is 0 Å². The lowest BCUT2D eigenvalue weighted by Crippen LogP contribution is -2.22. The van der Waals surface area contributed by atoms with E-state index in [4.69, 9.17) is 15.3 Å². The van der Waals surface area contributed by atoms with Crippen LogP contribution in [0.15, 0.2) is 24.3 Å². The summed E-state index contributed by atoms with van der Waals surface area (Å²) in [7, 11) is 0. The number of aliphatic hydroxyl groups excluding tert-OH is 3. The lowest BCUT2D eigenvalue weighted by Gasteiger charge is -2.10. The molecule has 0 heterocycles. The highest BCUT2D eigenvalue weighted by Gasteiger charge is 2.00. The number of rotatable bonds is 5. The molecule has 4 heteroatoms. The van der Waals surface area contributed by atoms with Crippen molar-refractivity contribution >= 4 is 5.69 Å². The van der Waals surface area contributed by atoms with Crippen LogP contribution in [0.5, 0.6) is 0 Å². The summed E-state index contributed by atoms with van der Waals surface area (Å²) in [5.41, 5.74) is 1.70. The Morgan fingerprint density at radius 3 is 2.29 bits per heavy atom. The average Bonchev–Trinajstić information content (AvgIpc) is 2.26. The van der Waals surface area contributed by atoms with E-state index in [0.29, 0.717) is 6.54 Å². The number of anilines is 1. The van der Waals surface area contributed by atoms with Gasteiger partial charge in [0, 0.05) is 12.2 Å². The fraction of sp³-hybridized carbons (Fsp3) is 0.400. The summed E-state index contributed by atoms with van der Waals surface area (Å²) in [6.07, 6.45) is -0.743. The molecule has 4 N–H and O–H groups in total. The smallest absolute Gasteiger partial charge is 0.0942 e. The van der Waals surface area contributed by atoms with Crippen molar-refractivity contribution in [3.05, 3.63) is 29.8 Å². The van der Waals surface area contributed by atoms with Crippen LogP contribution in [0, 0.1) is 0 Å². The van der Waals surface area contributed by atoms with Crippen LogP contribution in [0.3, 0.4) is 0 Å². The second-order valence-electron chi connectivity index (χ2n) is 3.07. The van der Waals surface area contributed by atoms with Gasteiger partial charge in [0.1, 0.15) is 0 Å². The van der Waals surface area contributed by atoms with Crippen LogP contribution in [0.4, 0.5) is 5.69 Å². The summed E-state index contributed by atoms with van der Waals surface area (Å²) in [5.74, 6) is 0. The van der Waals surface area contributed by atoms with Gasteiger partial charge in [-0.05, 0) is 17.7 Å². The number of benzene rings is 1. The SMILES string of the molecule is OCc1ccc(NCC(O)CO)cc1. The topological polar surface area (TPSA) is 72.7 Å². The first-order chi connectivity index (χ1) is 6.76. The predicted octanol–water partition coefficient (Wildman–Crippen LogP) is -0.0560. The second-order valence-corrected chi connectivity index (χ2v) is 3.07. The highest BCUT2D eigenvalue weighted by Crippen LogP contribution is 2.09. The molecule has 0 radical (unpaired) electrons. The molecule has 0 spiro atoms. The van der Waals surface area contributed by atoms with E-state index in [2.05, 4.69) is 5.32 Å². The summed E-state index contributed by atoms with van der Waals surface area (Å²) in [6.45, 7) is 0.0935. The summed E-state index contributed by atoms with van der Waals surface area (Å²) in [5, 5.41) is 29.4. The molecule has 1 rings (SSSR count). The van der Waals surface area contributed by atoms with E-state index in [1.165, 1.54) is 0 Å². The van der Waals surface area contributed by atoms with E-state index in [0.717, 1.165) is 11.3 Å². The van der Waals surface area contributed by atoms with Gasteiger partial charge in [0.15, 0.2) is 0 Å². The van der Waals surface area contributed by atoms with Crippen molar-refractivity contribution in [3.63, 3.8) is 0 Å². The van der Waals surface area contributed by atoms with Gasteiger partial charge < -0.3 is 20.6 Å². The summed E-state index contributed by atoms with van der Waals surface area (Å²) < 4.78 is 0. The molecule has 1 unspecified atom stereocenters. The minimum Gasteiger partial charge on any atom is -0.394 e. The normalized spacial score (nSPS) is 12.5. The van der Waals surface area contributed by atoms with Gasteiger partial charge in [0.05, 0.1) is 19.3 Å². The van der Waals surface area contributed by atoms with Gasteiger partial charge in [0.25, 0.3) is 0 Å². The van der Waals surface area contributed by atoms with Gasteiger partial charge in [-0.2, -0.15) is 0 Å². The van der Waals surface area contributed by atoms with Crippen LogP contribution in [-0.4, -0.2) is 34.6 Å². The average molecular weight is 197 g/mol. The van der Waals surface area contributed by atoms with E-state index in [9.17, 15) is 0 Å². The first-order valence-electron chi connectivity index (χ1n) is 4.49. The third-order valence-electron chi connectivity index (χ3n) is 1.89. The van der Waals surface area contributed by atoms with Crippen LogP contribution in [0.1, 0.15) is 5.56 Å². The quantitative estimate of drug-likeness (QED) is 0.534. The van der Waals surface area contributed by atoms with Crippen LogP contribution >= 0.6 is 0 Å². The maximum absolute atomic E-state index is 9.07. The van der Waals surface area contributed by atoms with Gasteiger partial charge >= 0.3 is 0 Å². The Morgan fingerprint density at radius 2 is 1.79 bits per heavy atom. The van der Waals surface area contributed by atoms with Crippen molar-refractivity contribution in [1.82, 2.24) is 0 Å². The maximum atomic E-state index is 9.07. The summed E-state index contributed by atoms with van der Waals surface area (Å²) >= 11 is 0. The fourth-order valence-electron chi connectivity index (χ4n) is 1.03. The highest BCUT2D eigenvalue weighted by atomic mass is 16.3. The number of aliphatic hydroxyl groups is 3. The Bertz CT molecular complexity index is 261. The molecule has 1 aromatic carbocycles. The minimum absolute atomic E-state index is 0.0273. The monoisotopic (exact) mass is 197 g/mol. The molecule has 78 valence electrons. The van der Waals surface area contributed by atoms with E-state index in [1.54, 1.807) is 12.1 Å². The van der Waals surface area contributed by atoms with Crippen molar-refractivity contribution in [1.29, 1.82) is 0 Å². The van der Waals surface area contributed by atoms with Crippen LogP contribution in [0.25, 0.3) is 0 Å². The highest BCUT2D eigenvalue weighted by molar-refractivity contribution is 5.44. The maximum Gasteiger partial charge on any atom is 0.0942 e. The molecule has 0 aliphatic heterocycles. The zero-order chi connectivity index (χ0) is 10.4. The van der Waals surface area contributed by atoms with Gasteiger partial charge in [-0.25, -0.2) is 0 Å². The largest absolute Gasteiger partial charge is 0.394 e. The molecule has 0 saturated carbocycles. The first kappa shape index (κ1) is 11.0. The molecule has 0 amide bonds. The van der Waals surface area contributed by atoms with Crippen molar-refractivity contribution in [2.24, 2.45) is 0 Å². The Labute approximate surface area is 82.8 Å². The molecule has 0 fully saturated rings.